The molecule has 0 aliphatic heterocycles. The monoisotopic (exact) mass is 204 g/mol. The van der Waals surface area contributed by atoms with Gasteiger partial charge in [-0.3, -0.25) is 0 Å². The van der Waals surface area contributed by atoms with E-state index in [0.29, 0.717) is 0 Å². The zero-order valence-electron chi connectivity index (χ0n) is 7.31. The van der Waals surface area contributed by atoms with Gasteiger partial charge in [0.1, 0.15) is 0 Å². The van der Waals surface area contributed by atoms with Gasteiger partial charge in [0.05, 0.1) is 0 Å². The number of carboxylic acids is 1. The maximum atomic E-state index is 10.4. The van der Waals surface area contributed by atoms with E-state index in [1.54, 1.807) is 17.4 Å². The summed E-state index contributed by atoms with van der Waals surface area (Å²) >= 11 is 1.62. The van der Waals surface area contributed by atoms with E-state index in [4.69, 9.17) is 5.11 Å². The van der Waals surface area contributed by atoms with Crippen molar-refractivity contribution in [2.45, 2.75) is 0 Å². The lowest BCUT2D eigenvalue weighted by molar-refractivity contribution is -0.131. The third kappa shape index (κ3) is 1.67. The zero-order valence-corrected chi connectivity index (χ0v) is 8.12. The number of aliphatic carboxylic acids is 1. The van der Waals surface area contributed by atoms with Crippen molar-refractivity contribution in [2.24, 2.45) is 0 Å². The average molecular weight is 204 g/mol. The van der Waals surface area contributed by atoms with Crippen LogP contribution in [0.1, 0.15) is 5.56 Å². The van der Waals surface area contributed by atoms with Gasteiger partial charge in [0, 0.05) is 10.8 Å². The highest BCUT2D eigenvalue weighted by molar-refractivity contribution is 7.17. The Kier molecular flexibility index (Phi) is 2.33. The van der Waals surface area contributed by atoms with Crippen LogP contribution in [0.15, 0.2) is 35.7 Å². The van der Waals surface area contributed by atoms with Crippen molar-refractivity contribution in [3.8, 4) is 0 Å². The van der Waals surface area contributed by atoms with E-state index < -0.39 is 5.97 Å². The molecular weight excluding hydrogens is 196 g/mol. The topological polar surface area (TPSA) is 37.3 Å². The molecular formula is C11H8O2S. The molecule has 2 rings (SSSR count). The maximum Gasteiger partial charge on any atom is 0.328 e. The number of rotatable bonds is 2. The molecule has 0 spiro atoms. The average Bonchev–Trinajstić information content (AvgIpc) is 2.62. The van der Waals surface area contributed by atoms with Gasteiger partial charge in [-0.15, -0.1) is 11.3 Å². The van der Waals surface area contributed by atoms with Gasteiger partial charge in [-0.2, -0.15) is 0 Å². The molecule has 0 aliphatic carbocycles. The van der Waals surface area contributed by atoms with E-state index in [9.17, 15) is 4.79 Å². The Bertz CT molecular complexity index is 497. The van der Waals surface area contributed by atoms with Crippen molar-refractivity contribution < 1.29 is 9.90 Å². The number of fused-ring (bicyclic) bond motifs is 1. The SMILES string of the molecule is O=C(O)C=Cc1cccc2ccsc12. The van der Waals surface area contributed by atoms with Crippen LogP contribution >= 0.6 is 11.3 Å². The van der Waals surface area contributed by atoms with Gasteiger partial charge in [0.25, 0.3) is 0 Å². The standard InChI is InChI=1S/C11H8O2S/c12-10(13)5-4-8-2-1-3-9-6-7-14-11(8)9/h1-7H,(H,12,13). The quantitative estimate of drug-likeness (QED) is 0.763. The number of carboxylic acid groups (broad SMARTS) is 1. The van der Waals surface area contributed by atoms with Crippen molar-refractivity contribution in [2.75, 3.05) is 0 Å². The van der Waals surface area contributed by atoms with Crippen LogP contribution in [-0.2, 0) is 4.79 Å². The van der Waals surface area contributed by atoms with Crippen LogP contribution < -0.4 is 0 Å². The molecule has 0 bridgehead atoms. The molecule has 0 fully saturated rings. The fraction of sp³-hybridized carbons (Fsp3) is 0. The maximum absolute atomic E-state index is 10.4. The van der Waals surface area contributed by atoms with Crippen molar-refractivity contribution in [1.29, 1.82) is 0 Å². The van der Waals surface area contributed by atoms with Crippen LogP contribution in [0.5, 0.6) is 0 Å². The van der Waals surface area contributed by atoms with E-state index in [1.807, 2.05) is 29.6 Å². The fourth-order valence-corrected chi connectivity index (χ4v) is 2.20. The predicted molar refractivity (Wildman–Crippen MR) is 58.5 cm³/mol. The van der Waals surface area contributed by atoms with Gasteiger partial charge in [-0.1, -0.05) is 18.2 Å². The first-order valence-corrected chi connectivity index (χ1v) is 5.02. The Hall–Kier alpha value is -1.61. The molecule has 2 aromatic rings. The molecule has 0 unspecified atom stereocenters. The summed E-state index contributed by atoms with van der Waals surface area (Å²) in [7, 11) is 0. The Balaban J connectivity index is 2.51. The number of hydrogen-bond acceptors (Lipinski definition) is 2. The lowest BCUT2D eigenvalue weighted by Gasteiger charge is -1.94. The molecule has 1 N–H and O–H groups in total. The molecule has 0 amide bonds. The predicted octanol–water partition coefficient (Wildman–Crippen LogP) is 3.00. The van der Waals surface area contributed by atoms with Crippen LogP contribution in [0.3, 0.4) is 0 Å². The molecule has 0 saturated carbocycles. The summed E-state index contributed by atoms with van der Waals surface area (Å²) in [6.45, 7) is 0. The Morgan fingerprint density at radius 3 is 3.00 bits per heavy atom. The van der Waals surface area contributed by atoms with Crippen molar-refractivity contribution in [3.05, 3.63) is 41.3 Å². The van der Waals surface area contributed by atoms with Gasteiger partial charge < -0.3 is 5.11 Å². The second kappa shape index (κ2) is 3.64. The summed E-state index contributed by atoms with van der Waals surface area (Å²) in [5, 5.41) is 11.7. The van der Waals surface area contributed by atoms with Crippen LogP contribution in [0, 0.1) is 0 Å². The van der Waals surface area contributed by atoms with Gasteiger partial charge in [-0.25, -0.2) is 4.79 Å². The van der Waals surface area contributed by atoms with Crippen LogP contribution in [0.2, 0.25) is 0 Å². The Labute approximate surface area is 85.1 Å². The van der Waals surface area contributed by atoms with Crippen LogP contribution in [0.4, 0.5) is 0 Å². The van der Waals surface area contributed by atoms with Crippen LogP contribution in [0.25, 0.3) is 16.2 Å². The molecule has 0 atom stereocenters. The third-order valence-corrected chi connectivity index (χ3v) is 2.89. The number of hydrogen-bond donors (Lipinski definition) is 1. The summed E-state index contributed by atoms with van der Waals surface area (Å²) in [5.41, 5.74) is 0.958. The summed E-state index contributed by atoms with van der Waals surface area (Å²) in [5.74, 6) is -0.918. The lowest BCUT2D eigenvalue weighted by Crippen LogP contribution is -1.85. The summed E-state index contributed by atoms with van der Waals surface area (Å²) in [4.78, 5) is 10.4. The smallest absolute Gasteiger partial charge is 0.328 e. The highest BCUT2D eigenvalue weighted by Crippen LogP contribution is 2.25. The highest BCUT2D eigenvalue weighted by atomic mass is 32.1. The fourth-order valence-electron chi connectivity index (χ4n) is 1.31. The van der Waals surface area contributed by atoms with Crippen molar-refractivity contribution >= 4 is 33.5 Å². The van der Waals surface area contributed by atoms with Crippen molar-refractivity contribution in [3.63, 3.8) is 0 Å². The normalized spacial score (nSPS) is 11.1. The lowest BCUT2D eigenvalue weighted by atomic mass is 10.1. The first-order chi connectivity index (χ1) is 6.77. The largest absolute Gasteiger partial charge is 0.478 e. The summed E-state index contributed by atoms with van der Waals surface area (Å²) < 4.78 is 1.13. The molecule has 3 heteroatoms. The molecule has 2 nitrogen and oxygen atoms in total. The van der Waals surface area contributed by atoms with Gasteiger partial charge in [-0.05, 0) is 28.5 Å². The second-order valence-electron chi connectivity index (χ2n) is 2.86. The highest BCUT2D eigenvalue weighted by Gasteiger charge is 1.98. The number of thiophene rings is 1. The molecule has 70 valence electrons. The summed E-state index contributed by atoms with van der Waals surface area (Å²) in [6.07, 6.45) is 2.79. The molecule has 14 heavy (non-hydrogen) atoms. The molecule has 0 aliphatic rings. The van der Waals surface area contributed by atoms with E-state index >= 15 is 0 Å². The first kappa shape index (κ1) is 8.97. The Morgan fingerprint density at radius 2 is 2.21 bits per heavy atom. The molecule has 1 aromatic carbocycles. The molecule has 0 saturated heterocycles. The van der Waals surface area contributed by atoms with E-state index in [1.165, 1.54) is 0 Å². The van der Waals surface area contributed by atoms with Gasteiger partial charge in [0.2, 0.25) is 0 Å². The third-order valence-electron chi connectivity index (χ3n) is 1.91. The first-order valence-electron chi connectivity index (χ1n) is 4.14. The van der Waals surface area contributed by atoms with E-state index in [0.717, 1.165) is 21.7 Å². The van der Waals surface area contributed by atoms with Gasteiger partial charge >= 0.3 is 5.97 Å². The minimum absolute atomic E-state index is 0.918. The number of benzene rings is 1. The van der Waals surface area contributed by atoms with Gasteiger partial charge in [0.15, 0.2) is 0 Å². The second-order valence-corrected chi connectivity index (χ2v) is 3.77. The number of carbonyl (C=O) groups is 1. The molecule has 0 radical (unpaired) electrons. The minimum atomic E-state index is -0.918. The zero-order chi connectivity index (χ0) is 9.97. The molecule has 1 heterocycles. The van der Waals surface area contributed by atoms with Crippen LogP contribution in [-0.4, -0.2) is 11.1 Å². The summed E-state index contributed by atoms with van der Waals surface area (Å²) in [6, 6.07) is 7.89. The van der Waals surface area contributed by atoms with Crippen molar-refractivity contribution in [1.82, 2.24) is 0 Å². The van der Waals surface area contributed by atoms with E-state index in [2.05, 4.69) is 0 Å². The Morgan fingerprint density at radius 1 is 1.36 bits per heavy atom. The minimum Gasteiger partial charge on any atom is -0.478 e. The van der Waals surface area contributed by atoms with E-state index in [-0.39, 0.29) is 0 Å². The molecule has 1 aromatic heterocycles.